The Morgan fingerprint density at radius 3 is 2.70 bits per heavy atom. The molecule has 2 atom stereocenters. The van der Waals surface area contributed by atoms with Gasteiger partial charge in [-0.25, -0.2) is 13.2 Å². The molecule has 0 bridgehead atoms. The first-order valence-corrected chi connectivity index (χ1v) is 8.77. The number of piperidine rings is 1. The van der Waals surface area contributed by atoms with Gasteiger partial charge in [0, 0.05) is 18.6 Å². The van der Waals surface area contributed by atoms with Crippen LogP contribution in [0.2, 0.25) is 0 Å². The normalized spacial score (nSPS) is 23.2. The first-order chi connectivity index (χ1) is 10.8. The zero-order chi connectivity index (χ0) is 16.8. The molecule has 0 unspecified atom stereocenters. The van der Waals surface area contributed by atoms with Crippen LogP contribution in [0, 0.1) is 0 Å². The van der Waals surface area contributed by atoms with E-state index in [0.717, 1.165) is 0 Å². The van der Waals surface area contributed by atoms with Gasteiger partial charge in [0.05, 0.1) is 15.8 Å². The predicted octanol–water partition coefficient (Wildman–Crippen LogP) is -0.283. The van der Waals surface area contributed by atoms with Crippen LogP contribution in [0.5, 0.6) is 0 Å². The number of fused-ring (bicyclic) bond motifs is 1. The van der Waals surface area contributed by atoms with Crippen molar-refractivity contribution in [1.29, 1.82) is 0 Å². The highest BCUT2D eigenvalue weighted by Crippen LogP contribution is 2.25. The molecular weight excluding hydrogens is 320 g/mol. The Bertz CT molecular complexity index is 963. The minimum atomic E-state index is -3.72. The number of H-pyrrole nitrogens is 2. The summed E-state index contributed by atoms with van der Waals surface area (Å²) in [5, 5.41) is 0.132. The van der Waals surface area contributed by atoms with Gasteiger partial charge in [-0.05, 0) is 38.0 Å². The van der Waals surface area contributed by atoms with E-state index in [-0.39, 0.29) is 22.4 Å². The molecular formula is C14H18N4O4S. The summed E-state index contributed by atoms with van der Waals surface area (Å²) in [6, 6.07) is 3.92. The number of aromatic nitrogens is 2. The molecule has 0 aliphatic carbocycles. The molecule has 3 rings (SSSR count). The maximum Gasteiger partial charge on any atom is 0.326 e. The molecule has 0 saturated carbocycles. The molecule has 1 fully saturated rings. The van der Waals surface area contributed by atoms with E-state index in [0.29, 0.717) is 24.9 Å². The first-order valence-electron chi connectivity index (χ1n) is 7.33. The van der Waals surface area contributed by atoms with Crippen LogP contribution in [0.4, 0.5) is 0 Å². The first kappa shape index (κ1) is 15.9. The second-order valence-corrected chi connectivity index (χ2v) is 7.76. The highest BCUT2D eigenvalue weighted by Gasteiger charge is 2.33. The van der Waals surface area contributed by atoms with Crippen molar-refractivity contribution in [1.82, 2.24) is 14.3 Å². The number of aromatic amines is 2. The Morgan fingerprint density at radius 1 is 1.26 bits per heavy atom. The summed E-state index contributed by atoms with van der Waals surface area (Å²) in [5.41, 5.74) is 4.93. The van der Waals surface area contributed by atoms with E-state index in [2.05, 4.69) is 9.97 Å². The number of rotatable bonds is 2. The lowest BCUT2D eigenvalue weighted by molar-refractivity contribution is 0.247. The van der Waals surface area contributed by atoms with E-state index in [1.807, 2.05) is 6.92 Å². The minimum Gasteiger partial charge on any atom is -0.328 e. The summed E-state index contributed by atoms with van der Waals surface area (Å²) in [4.78, 5) is 27.7. The number of nitrogens with two attached hydrogens (primary N) is 1. The zero-order valence-electron chi connectivity index (χ0n) is 12.6. The minimum absolute atomic E-state index is 0.000901. The van der Waals surface area contributed by atoms with Crippen molar-refractivity contribution in [3.05, 3.63) is 39.0 Å². The largest absolute Gasteiger partial charge is 0.328 e. The second-order valence-electron chi connectivity index (χ2n) is 5.86. The molecule has 2 aromatic rings. The van der Waals surface area contributed by atoms with Crippen LogP contribution in [0.1, 0.15) is 19.8 Å². The quantitative estimate of drug-likeness (QED) is 0.693. The van der Waals surface area contributed by atoms with Gasteiger partial charge in [0.1, 0.15) is 0 Å². The molecule has 0 amide bonds. The van der Waals surface area contributed by atoms with Crippen LogP contribution < -0.4 is 17.0 Å². The third-order valence-electron chi connectivity index (χ3n) is 4.17. The average molecular weight is 338 g/mol. The second kappa shape index (κ2) is 5.59. The molecule has 1 aromatic carbocycles. The molecule has 1 aliphatic rings. The van der Waals surface area contributed by atoms with Crippen LogP contribution in [0.25, 0.3) is 10.9 Å². The highest BCUT2D eigenvalue weighted by molar-refractivity contribution is 7.89. The molecule has 4 N–H and O–H groups in total. The number of hydrogen-bond donors (Lipinski definition) is 3. The Kier molecular flexibility index (Phi) is 3.86. The summed E-state index contributed by atoms with van der Waals surface area (Å²) in [5.74, 6) is 0. The van der Waals surface area contributed by atoms with E-state index in [1.165, 1.54) is 22.5 Å². The maximum atomic E-state index is 12.8. The van der Waals surface area contributed by atoms with Gasteiger partial charge in [0.25, 0.3) is 5.56 Å². The fourth-order valence-electron chi connectivity index (χ4n) is 2.98. The predicted molar refractivity (Wildman–Crippen MR) is 85.8 cm³/mol. The van der Waals surface area contributed by atoms with Crippen molar-refractivity contribution >= 4 is 20.9 Å². The number of sulfonamides is 1. The monoisotopic (exact) mass is 338 g/mol. The van der Waals surface area contributed by atoms with E-state index in [4.69, 9.17) is 5.73 Å². The third kappa shape index (κ3) is 2.82. The standard InChI is InChI=1S/C14H18N4O4S/c1-8-6-9(15)4-5-18(8)23(21,22)10-2-3-12-11(7-10)13(19)17-14(20)16-12/h2-3,7-9H,4-6,15H2,1H3,(H2,16,17,19,20)/t8-,9-/m0/s1. The molecule has 9 heteroatoms. The highest BCUT2D eigenvalue weighted by atomic mass is 32.2. The fourth-order valence-corrected chi connectivity index (χ4v) is 4.67. The number of nitrogens with one attached hydrogen (secondary N) is 2. The number of benzene rings is 1. The summed E-state index contributed by atoms with van der Waals surface area (Å²) in [6.07, 6.45) is 1.20. The van der Waals surface area contributed by atoms with Crippen molar-refractivity contribution in [2.24, 2.45) is 5.73 Å². The van der Waals surface area contributed by atoms with Crippen LogP contribution in [-0.2, 0) is 10.0 Å². The summed E-state index contributed by atoms with van der Waals surface area (Å²) < 4.78 is 27.1. The lowest BCUT2D eigenvalue weighted by atomic mass is 10.0. The van der Waals surface area contributed by atoms with Gasteiger partial charge >= 0.3 is 5.69 Å². The van der Waals surface area contributed by atoms with Gasteiger partial charge in [-0.1, -0.05) is 0 Å². The molecule has 8 nitrogen and oxygen atoms in total. The summed E-state index contributed by atoms with van der Waals surface area (Å²) in [6.45, 7) is 2.17. The lowest BCUT2D eigenvalue weighted by Gasteiger charge is -2.35. The lowest BCUT2D eigenvalue weighted by Crippen LogP contribution is -2.48. The van der Waals surface area contributed by atoms with E-state index in [9.17, 15) is 18.0 Å². The molecule has 1 saturated heterocycles. The van der Waals surface area contributed by atoms with Crippen LogP contribution in [0.3, 0.4) is 0 Å². The topological polar surface area (TPSA) is 129 Å². The Labute approximate surface area is 132 Å². The van der Waals surface area contributed by atoms with Crippen LogP contribution in [0.15, 0.2) is 32.7 Å². The molecule has 1 aliphatic heterocycles. The summed E-state index contributed by atoms with van der Waals surface area (Å²) in [7, 11) is -3.72. The SMILES string of the molecule is C[C@H]1C[C@@H](N)CCN1S(=O)(=O)c1ccc2[nH]c(=O)[nH]c(=O)c2c1. The Balaban J connectivity index is 2.08. The van der Waals surface area contributed by atoms with Crippen molar-refractivity contribution in [2.45, 2.75) is 36.7 Å². The fraction of sp³-hybridized carbons (Fsp3) is 0.429. The van der Waals surface area contributed by atoms with Gasteiger partial charge in [0.15, 0.2) is 0 Å². The zero-order valence-corrected chi connectivity index (χ0v) is 13.4. The average Bonchev–Trinajstić information content (AvgIpc) is 2.46. The van der Waals surface area contributed by atoms with Gasteiger partial charge < -0.3 is 10.7 Å². The van der Waals surface area contributed by atoms with E-state index >= 15 is 0 Å². The number of nitrogens with zero attached hydrogens (tertiary/aromatic N) is 1. The molecule has 0 spiro atoms. The van der Waals surface area contributed by atoms with Crippen molar-refractivity contribution in [2.75, 3.05) is 6.54 Å². The Hall–Kier alpha value is -1.97. The van der Waals surface area contributed by atoms with Gasteiger partial charge in [0.2, 0.25) is 10.0 Å². The smallest absolute Gasteiger partial charge is 0.326 e. The molecule has 23 heavy (non-hydrogen) atoms. The van der Waals surface area contributed by atoms with E-state index < -0.39 is 21.3 Å². The third-order valence-corrected chi connectivity index (χ3v) is 6.18. The molecule has 1 aromatic heterocycles. The summed E-state index contributed by atoms with van der Waals surface area (Å²) >= 11 is 0. The molecule has 124 valence electrons. The van der Waals surface area contributed by atoms with Crippen molar-refractivity contribution in [3.63, 3.8) is 0 Å². The molecule has 2 heterocycles. The van der Waals surface area contributed by atoms with Gasteiger partial charge in [-0.3, -0.25) is 9.78 Å². The Morgan fingerprint density at radius 2 is 2.00 bits per heavy atom. The van der Waals surface area contributed by atoms with E-state index in [1.54, 1.807) is 0 Å². The van der Waals surface area contributed by atoms with Crippen LogP contribution >= 0.6 is 0 Å². The van der Waals surface area contributed by atoms with Gasteiger partial charge in [-0.2, -0.15) is 4.31 Å². The van der Waals surface area contributed by atoms with Crippen LogP contribution in [-0.4, -0.2) is 41.3 Å². The van der Waals surface area contributed by atoms with Gasteiger partial charge in [-0.15, -0.1) is 0 Å². The maximum absolute atomic E-state index is 12.8. The van der Waals surface area contributed by atoms with Crippen molar-refractivity contribution < 1.29 is 8.42 Å². The molecule has 0 radical (unpaired) electrons. The number of hydrogen-bond acceptors (Lipinski definition) is 5. The van der Waals surface area contributed by atoms with Crippen molar-refractivity contribution in [3.8, 4) is 0 Å².